The number of hydrogen-bond acceptors (Lipinski definition) is 2. The highest BCUT2D eigenvalue weighted by Gasteiger charge is 2.17. The molecule has 2 aromatic carbocycles. The van der Waals surface area contributed by atoms with Crippen LogP contribution in [0, 0.1) is 0 Å². The minimum Gasteiger partial charge on any atom is -0.389 e. The van der Waals surface area contributed by atoms with Gasteiger partial charge in [0.2, 0.25) is 0 Å². The Bertz CT molecular complexity index is 675. The van der Waals surface area contributed by atoms with Gasteiger partial charge in [0.25, 0.3) is 0 Å². The lowest BCUT2D eigenvalue weighted by molar-refractivity contribution is 0.592. The summed E-state index contributed by atoms with van der Waals surface area (Å²) in [5.41, 5.74) is 9.62. The van der Waals surface area contributed by atoms with E-state index in [0.29, 0.717) is 15.6 Å². The highest BCUT2D eigenvalue weighted by atomic mass is 35.5. The summed E-state index contributed by atoms with van der Waals surface area (Å²) in [6.07, 6.45) is 0. The minimum atomic E-state index is 0.0617. The number of rotatable bonds is 3. The van der Waals surface area contributed by atoms with Gasteiger partial charge in [0.1, 0.15) is 4.99 Å². The standard InChI is InChI=1S/C17H19ClN2S/c1-17(2,3)13-6-4-5-7-15(13)20-11-8-9-12(16(19)21)14(18)10-11/h4-10,20H,1-3H3,(H2,19,21). The van der Waals surface area contributed by atoms with E-state index >= 15 is 0 Å². The molecule has 21 heavy (non-hydrogen) atoms. The van der Waals surface area contributed by atoms with E-state index in [9.17, 15) is 0 Å². The number of halogens is 1. The van der Waals surface area contributed by atoms with Crippen LogP contribution in [0.5, 0.6) is 0 Å². The quantitative estimate of drug-likeness (QED) is 0.781. The summed E-state index contributed by atoms with van der Waals surface area (Å²) in [5.74, 6) is 0. The zero-order chi connectivity index (χ0) is 15.6. The van der Waals surface area contributed by atoms with Crippen LogP contribution in [0.1, 0.15) is 31.9 Å². The molecule has 0 bridgehead atoms. The maximum absolute atomic E-state index is 6.21. The van der Waals surface area contributed by atoms with Crippen LogP contribution in [0.2, 0.25) is 5.02 Å². The van der Waals surface area contributed by atoms with Crippen molar-refractivity contribution in [1.82, 2.24) is 0 Å². The number of hydrogen-bond donors (Lipinski definition) is 2. The first kappa shape index (κ1) is 15.8. The van der Waals surface area contributed by atoms with Gasteiger partial charge in [0.05, 0.1) is 5.02 Å². The summed E-state index contributed by atoms with van der Waals surface area (Å²) in [4.78, 5) is 0.307. The van der Waals surface area contributed by atoms with E-state index in [1.807, 2.05) is 24.3 Å². The Morgan fingerprint density at radius 3 is 2.38 bits per heavy atom. The number of nitrogens with two attached hydrogens (primary N) is 1. The smallest absolute Gasteiger partial charge is 0.105 e. The fraction of sp³-hybridized carbons (Fsp3) is 0.235. The molecule has 0 fully saturated rings. The Labute approximate surface area is 136 Å². The molecule has 2 aromatic rings. The zero-order valence-corrected chi connectivity index (χ0v) is 14.0. The van der Waals surface area contributed by atoms with Crippen LogP contribution >= 0.6 is 23.8 Å². The number of anilines is 2. The van der Waals surface area contributed by atoms with Gasteiger partial charge in [0, 0.05) is 16.9 Å². The third-order valence-corrected chi connectivity index (χ3v) is 3.78. The molecule has 0 aromatic heterocycles. The Morgan fingerprint density at radius 2 is 1.81 bits per heavy atom. The van der Waals surface area contributed by atoms with Crippen molar-refractivity contribution in [3.63, 3.8) is 0 Å². The van der Waals surface area contributed by atoms with Crippen LogP contribution in [0.4, 0.5) is 11.4 Å². The van der Waals surface area contributed by atoms with E-state index in [-0.39, 0.29) is 5.41 Å². The summed E-state index contributed by atoms with van der Waals surface area (Å²) in [5, 5.41) is 3.97. The Balaban J connectivity index is 2.35. The van der Waals surface area contributed by atoms with E-state index in [1.54, 1.807) is 0 Å². The van der Waals surface area contributed by atoms with Crippen molar-refractivity contribution in [1.29, 1.82) is 0 Å². The lowest BCUT2D eigenvalue weighted by atomic mass is 9.86. The van der Waals surface area contributed by atoms with E-state index in [1.165, 1.54) is 5.56 Å². The van der Waals surface area contributed by atoms with E-state index in [4.69, 9.17) is 29.6 Å². The number of para-hydroxylation sites is 1. The Hall–Kier alpha value is -1.58. The molecule has 4 heteroatoms. The molecule has 0 amide bonds. The summed E-state index contributed by atoms with van der Waals surface area (Å²) < 4.78 is 0. The Morgan fingerprint density at radius 1 is 1.14 bits per heavy atom. The molecule has 3 N–H and O–H groups in total. The van der Waals surface area contributed by atoms with Gasteiger partial charge in [-0.3, -0.25) is 0 Å². The molecule has 0 saturated heterocycles. The predicted molar refractivity (Wildman–Crippen MR) is 95.8 cm³/mol. The van der Waals surface area contributed by atoms with Crippen LogP contribution in [0.25, 0.3) is 0 Å². The first-order valence-corrected chi connectivity index (χ1v) is 7.53. The molecule has 0 radical (unpaired) electrons. The van der Waals surface area contributed by atoms with Crippen molar-refractivity contribution in [2.24, 2.45) is 5.73 Å². The monoisotopic (exact) mass is 318 g/mol. The second kappa shape index (κ2) is 6.04. The van der Waals surface area contributed by atoms with Crippen LogP contribution in [-0.2, 0) is 5.41 Å². The molecular formula is C17H19ClN2S. The van der Waals surface area contributed by atoms with E-state index in [2.05, 4.69) is 44.3 Å². The maximum atomic E-state index is 6.21. The van der Waals surface area contributed by atoms with Gasteiger partial charge in [-0.2, -0.15) is 0 Å². The van der Waals surface area contributed by atoms with Crippen molar-refractivity contribution in [3.05, 3.63) is 58.6 Å². The second-order valence-electron chi connectivity index (χ2n) is 5.98. The largest absolute Gasteiger partial charge is 0.389 e. The zero-order valence-electron chi connectivity index (χ0n) is 12.4. The van der Waals surface area contributed by atoms with Gasteiger partial charge in [-0.25, -0.2) is 0 Å². The molecule has 0 saturated carbocycles. The normalized spacial score (nSPS) is 11.2. The van der Waals surface area contributed by atoms with Gasteiger partial charge >= 0.3 is 0 Å². The molecule has 2 rings (SSSR count). The van der Waals surface area contributed by atoms with E-state index < -0.39 is 0 Å². The number of benzene rings is 2. The van der Waals surface area contributed by atoms with Crippen molar-refractivity contribution < 1.29 is 0 Å². The first-order valence-electron chi connectivity index (χ1n) is 6.75. The molecule has 0 aliphatic heterocycles. The van der Waals surface area contributed by atoms with Gasteiger partial charge in [-0.1, -0.05) is 62.8 Å². The average Bonchev–Trinajstić information content (AvgIpc) is 2.37. The second-order valence-corrected chi connectivity index (χ2v) is 6.83. The Kier molecular flexibility index (Phi) is 4.55. The van der Waals surface area contributed by atoms with Crippen molar-refractivity contribution >= 4 is 40.2 Å². The lowest BCUT2D eigenvalue weighted by Gasteiger charge is -2.23. The first-order chi connectivity index (χ1) is 9.79. The van der Waals surface area contributed by atoms with Crippen LogP contribution in [0.3, 0.4) is 0 Å². The van der Waals surface area contributed by atoms with Gasteiger partial charge in [-0.05, 0) is 35.2 Å². The van der Waals surface area contributed by atoms with Gasteiger partial charge < -0.3 is 11.1 Å². The van der Waals surface area contributed by atoms with Gasteiger partial charge in [-0.15, -0.1) is 0 Å². The third-order valence-electron chi connectivity index (χ3n) is 3.25. The molecule has 110 valence electrons. The topological polar surface area (TPSA) is 38.0 Å². The average molecular weight is 319 g/mol. The van der Waals surface area contributed by atoms with E-state index in [0.717, 1.165) is 11.4 Å². The molecule has 0 heterocycles. The van der Waals surface area contributed by atoms with Gasteiger partial charge in [0.15, 0.2) is 0 Å². The van der Waals surface area contributed by atoms with Crippen LogP contribution in [-0.4, -0.2) is 4.99 Å². The fourth-order valence-corrected chi connectivity index (χ4v) is 2.71. The SMILES string of the molecule is CC(C)(C)c1ccccc1Nc1ccc(C(N)=S)c(Cl)c1. The molecule has 0 spiro atoms. The highest BCUT2D eigenvalue weighted by molar-refractivity contribution is 7.80. The van der Waals surface area contributed by atoms with Crippen LogP contribution < -0.4 is 11.1 Å². The van der Waals surface area contributed by atoms with Crippen molar-refractivity contribution in [2.45, 2.75) is 26.2 Å². The highest BCUT2D eigenvalue weighted by Crippen LogP contribution is 2.32. The maximum Gasteiger partial charge on any atom is 0.105 e. The third kappa shape index (κ3) is 3.74. The van der Waals surface area contributed by atoms with Crippen molar-refractivity contribution in [2.75, 3.05) is 5.32 Å². The lowest BCUT2D eigenvalue weighted by Crippen LogP contribution is -2.13. The molecule has 0 aliphatic rings. The summed E-state index contributed by atoms with van der Waals surface area (Å²) in [6, 6.07) is 13.9. The predicted octanol–water partition coefficient (Wildman–Crippen LogP) is 5.02. The molecular weight excluding hydrogens is 300 g/mol. The summed E-state index contributed by atoms with van der Waals surface area (Å²) in [6.45, 7) is 6.57. The van der Waals surface area contributed by atoms with Crippen LogP contribution in [0.15, 0.2) is 42.5 Å². The molecule has 0 unspecified atom stereocenters. The van der Waals surface area contributed by atoms with Crippen molar-refractivity contribution in [3.8, 4) is 0 Å². The summed E-state index contributed by atoms with van der Waals surface area (Å²) >= 11 is 11.2. The molecule has 0 aliphatic carbocycles. The summed E-state index contributed by atoms with van der Waals surface area (Å²) in [7, 11) is 0. The molecule has 2 nitrogen and oxygen atoms in total. The minimum absolute atomic E-state index is 0.0617. The fourth-order valence-electron chi connectivity index (χ4n) is 2.19. The number of nitrogens with one attached hydrogen (secondary N) is 1. The number of thiocarbonyl (C=S) groups is 1. The molecule has 0 atom stereocenters.